The van der Waals surface area contributed by atoms with Gasteiger partial charge in [0, 0.05) is 22.5 Å². The zero-order valence-corrected chi connectivity index (χ0v) is 12.0. The highest BCUT2D eigenvalue weighted by Gasteiger charge is 2.36. The Bertz CT molecular complexity index is 451. The molecule has 4 unspecified atom stereocenters. The van der Waals surface area contributed by atoms with Crippen LogP contribution in [0.2, 0.25) is 0 Å². The third kappa shape index (κ3) is 2.29. The maximum absolute atomic E-state index is 6.25. The molecule has 1 fully saturated rings. The van der Waals surface area contributed by atoms with Crippen LogP contribution in [0.25, 0.3) is 0 Å². The molecule has 98 valence electrons. The first-order chi connectivity index (χ1) is 8.63. The number of hydrogen-bond donors (Lipinski definition) is 1. The quantitative estimate of drug-likeness (QED) is 0.866. The predicted octanol–water partition coefficient (Wildman–Crippen LogP) is 3.17. The first-order valence-electron chi connectivity index (χ1n) is 6.50. The maximum atomic E-state index is 6.25. The van der Waals surface area contributed by atoms with Gasteiger partial charge >= 0.3 is 0 Å². The molecule has 1 aromatic rings. The highest BCUT2D eigenvalue weighted by Crippen LogP contribution is 2.38. The molecule has 3 rings (SSSR count). The minimum atomic E-state index is 0.0377. The van der Waals surface area contributed by atoms with Crippen LogP contribution in [0.3, 0.4) is 0 Å². The number of nitrogens with two attached hydrogens (primary N) is 1. The fourth-order valence-corrected chi connectivity index (χ4v) is 3.22. The third-order valence-electron chi connectivity index (χ3n) is 3.82. The number of halogens is 1. The summed E-state index contributed by atoms with van der Waals surface area (Å²) in [6.45, 7) is 2.12. The van der Waals surface area contributed by atoms with Crippen molar-refractivity contribution in [3.8, 4) is 5.75 Å². The van der Waals surface area contributed by atoms with Crippen molar-refractivity contribution in [3.05, 3.63) is 28.2 Å². The second-order valence-electron chi connectivity index (χ2n) is 5.24. The van der Waals surface area contributed by atoms with Crippen LogP contribution in [-0.2, 0) is 4.74 Å². The van der Waals surface area contributed by atoms with Gasteiger partial charge in [0.1, 0.15) is 11.9 Å². The van der Waals surface area contributed by atoms with E-state index < -0.39 is 0 Å². The Hall–Kier alpha value is -0.580. The third-order valence-corrected chi connectivity index (χ3v) is 4.31. The molecule has 3 nitrogen and oxygen atoms in total. The maximum Gasteiger partial charge on any atom is 0.127 e. The van der Waals surface area contributed by atoms with E-state index >= 15 is 0 Å². The zero-order valence-electron chi connectivity index (χ0n) is 10.4. The van der Waals surface area contributed by atoms with Crippen molar-refractivity contribution >= 4 is 15.9 Å². The van der Waals surface area contributed by atoms with Gasteiger partial charge < -0.3 is 15.2 Å². The minimum Gasteiger partial charge on any atom is -0.487 e. The van der Waals surface area contributed by atoms with Gasteiger partial charge in [0.2, 0.25) is 0 Å². The van der Waals surface area contributed by atoms with Gasteiger partial charge in [0.15, 0.2) is 0 Å². The van der Waals surface area contributed by atoms with E-state index in [-0.39, 0.29) is 18.2 Å². The highest BCUT2D eigenvalue weighted by atomic mass is 79.9. The van der Waals surface area contributed by atoms with Crippen LogP contribution >= 0.6 is 15.9 Å². The van der Waals surface area contributed by atoms with Crippen molar-refractivity contribution < 1.29 is 9.47 Å². The summed E-state index contributed by atoms with van der Waals surface area (Å²) in [6, 6.07) is 6.07. The lowest BCUT2D eigenvalue weighted by atomic mass is 9.94. The molecular formula is C14H18BrNO2. The predicted molar refractivity (Wildman–Crippen MR) is 73.7 cm³/mol. The highest BCUT2D eigenvalue weighted by molar-refractivity contribution is 9.10. The van der Waals surface area contributed by atoms with Gasteiger partial charge in [-0.15, -0.1) is 0 Å². The van der Waals surface area contributed by atoms with Gasteiger partial charge in [-0.05, 0) is 38.0 Å². The fraction of sp³-hybridized carbons (Fsp3) is 0.571. The Morgan fingerprint density at radius 3 is 2.83 bits per heavy atom. The minimum absolute atomic E-state index is 0.0377. The topological polar surface area (TPSA) is 44.5 Å². The van der Waals surface area contributed by atoms with Crippen molar-refractivity contribution in [2.45, 2.75) is 50.5 Å². The molecule has 2 N–H and O–H groups in total. The van der Waals surface area contributed by atoms with Crippen molar-refractivity contribution in [3.63, 3.8) is 0 Å². The lowest BCUT2D eigenvalue weighted by molar-refractivity contribution is -0.0281. The van der Waals surface area contributed by atoms with Gasteiger partial charge in [0.25, 0.3) is 0 Å². The van der Waals surface area contributed by atoms with Crippen LogP contribution in [0.15, 0.2) is 22.7 Å². The summed E-state index contributed by atoms with van der Waals surface area (Å²) in [5.74, 6) is 0.908. The summed E-state index contributed by atoms with van der Waals surface area (Å²) in [5.41, 5.74) is 7.34. The molecule has 1 aromatic carbocycles. The first-order valence-corrected chi connectivity index (χ1v) is 7.30. The van der Waals surface area contributed by atoms with Crippen molar-refractivity contribution in [2.24, 2.45) is 5.73 Å². The normalized spacial score (nSPS) is 35.1. The average Bonchev–Trinajstić information content (AvgIpc) is 2.77. The zero-order chi connectivity index (χ0) is 12.7. The van der Waals surface area contributed by atoms with Crippen molar-refractivity contribution in [1.29, 1.82) is 0 Å². The Kier molecular flexibility index (Phi) is 3.34. The van der Waals surface area contributed by atoms with Crippen LogP contribution < -0.4 is 10.5 Å². The van der Waals surface area contributed by atoms with Gasteiger partial charge in [-0.3, -0.25) is 0 Å². The number of rotatable bonds is 1. The molecule has 0 saturated carbocycles. The lowest BCUT2D eigenvalue weighted by Crippen LogP contribution is -2.38. The van der Waals surface area contributed by atoms with E-state index in [0.29, 0.717) is 6.10 Å². The SMILES string of the molecule is CC1CCC(C2CC(N)c3cc(Br)ccc3O2)O1. The van der Waals surface area contributed by atoms with Crippen LogP contribution in [-0.4, -0.2) is 18.3 Å². The lowest BCUT2D eigenvalue weighted by Gasteiger charge is -2.33. The molecule has 0 amide bonds. The van der Waals surface area contributed by atoms with Crippen LogP contribution in [0, 0.1) is 0 Å². The average molecular weight is 312 g/mol. The molecule has 2 aliphatic rings. The van der Waals surface area contributed by atoms with E-state index in [1.54, 1.807) is 0 Å². The summed E-state index contributed by atoms with van der Waals surface area (Å²) in [5, 5.41) is 0. The van der Waals surface area contributed by atoms with Gasteiger partial charge in [-0.25, -0.2) is 0 Å². The number of hydrogen-bond acceptors (Lipinski definition) is 3. The molecule has 4 atom stereocenters. The summed E-state index contributed by atoms with van der Waals surface area (Å²) >= 11 is 3.47. The molecule has 0 aliphatic carbocycles. The smallest absolute Gasteiger partial charge is 0.127 e. The molecule has 0 aromatic heterocycles. The standard InChI is InChI=1S/C14H18BrNO2/c1-8-2-4-13(17-8)14-7-11(16)10-6-9(15)3-5-12(10)18-14/h3,5-6,8,11,13-14H,2,4,7,16H2,1H3. The number of ether oxygens (including phenoxy) is 2. The van der Waals surface area contributed by atoms with Crippen LogP contribution in [0.1, 0.15) is 37.8 Å². The Balaban J connectivity index is 1.81. The number of benzene rings is 1. The molecule has 2 aliphatic heterocycles. The second kappa shape index (κ2) is 4.83. The Labute approximate surface area is 116 Å². The van der Waals surface area contributed by atoms with E-state index in [2.05, 4.69) is 22.9 Å². The monoisotopic (exact) mass is 311 g/mol. The van der Waals surface area contributed by atoms with E-state index in [1.165, 1.54) is 0 Å². The fourth-order valence-electron chi connectivity index (χ4n) is 2.84. The summed E-state index contributed by atoms with van der Waals surface area (Å²) in [6.07, 6.45) is 3.67. The first kappa shape index (κ1) is 12.5. The van der Waals surface area contributed by atoms with Crippen molar-refractivity contribution in [1.82, 2.24) is 0 Å². The largest absolute Gasteiger partial charge is 0.487 e. The molecule has 1 saturated heterocycles. The van der Waals surface area contributed by atoms with Crippen LogP contribution in [0.5, 0.6) is 5.75 Å². The van der Waals surface area contributed by atoms with Crippen molar-refractivity contribution in [2.75, 3.05) is 0 Å². The Morgan fingerprint density at radius 1 is 1.28 bits per heavy atom. The van der Waals surface area contributed by atoms with Gasteiger partial charge in [-0.2, -0.15) is 0 Å². The van der Waals surface area contributed by atoms with E-state index in [0.717, 1.165) is 35.0 Å². The summed E-state index contributed by atoms with van der Waals surface area (Å²) < 4.78 is 13.0. The molecule has 2 heterocycles. The molecule has 0 spiro atoms. The van der Waals surface area contributed by atoms with Gasteiger partial charge in [-0.1, -0.05) is 15.9 Å². The molecule has 0 bridgehead atoms. The molecule has 18 heavy (non-hydrogen) atoms. The number of fused-ring (bicyclic) bond motifs is 1. The molecule has 4 heteroatoms. The van der Waals surface area contributed by atoms with E-state index in [1.807, 2.05) is 18.2 Å². The van der Waals surface area contributed by atoms with Gasteiger partial charge in [0.05, 0.1) is 12.2 Å². The second-order valence-corrected chi connectivity index (χ2v) is 6.16. The van der Waals surface area contributed by atoms with E-state index in [9.17, 15) is 0 Å². The summed E-state index contributed by atoms with van der Waals surface area (Å²) in [7, 11) is 0. The summed E-state index contributed by atoms with van der Waals surface area (Å²) in [4.78, 5) is 0. The molecular weight excluding hydrogens is 294 g/mol. The van der Waals surface area contributed by atoms with E-state index in [4.69, 9.17) is 15.2 Å². The molecule has 0 radical (unpaired) electrons. The van der Waals surface area contributed by atoms with Crippen LogP contribution in [0.4, 0.5) is 0 Å². The Morgan fingerprint density at radius 2 is 2.11 bits per heavy atom.